The minimum absolute atomic E-state index is 0.101. The third-order valence-electron chi connectivity index (χ3n) is 11.6. The molecule has 1 aliphatic carbocycles. The highest BCUT2D eigenvalue weighted by Gasteiger charge is 2.35. The fourth-order valence-corrected chi connectivity index (χ4v) is 9.85. The molecule has 0 bridgehead atoms. The lowest BCUT2D eigenvalue weighted by atomic mass is 9.82. The number of nitrogens with zero attached hydrogens (tertiary/aromatic N) is 2. The molecule has 0 N–H and O–H groups in total. The molecule has 0 spiro atoms. The Balaban J connectivity index is 1.11. The highest BCUT2D eigenvalue weighted by molar-refractivity contribution is 7.21. The molecule has 0 saturated carbocycles. The number of hydrogen-bond acceptors (Lipinski definition) is 2. The summed E-state index contributed by atoms with van der Waals surface area (Å²) in [6.07, 6.45) is 0. The summed E-state index contributed by atoms with van der Waals surface area (Å²) in [5.41, 5.74) is 17.2. The molecule has 0 saturated heterocycles. The number of fused-ring (bicyclic) bond motifs is 6. The van der Waals surface area contributed by atoms with Crippen LogP contribution in [-0.4, -0.2) is 9.55 Å². The van der Waals surface area contributed by atoms with Crippen LogP contribution in [0.3, 0.4) is 0 Å². The third kappa shape index (κ3) is 5.04. The highest BCUT2D eigenvalue weighted by atomic mass is 32.1. The van der Waals surface area contributed by atoms with E-state index in [2.05, 4.69) is 200 Å². The lowest BCUT2D eigenvalue weighted by molar-refractivity contribution is 0.660. The summed E-state index contributed by atoms with van der Waals surface area (Å²) >= 11 is 1.74. The van der Waals surface area contributed by atoms with Crippen LogP contribution < -0.4 is 0 Å². The van der Waals surface area contributed by atoms with Gasteiger partial charge in [0.2, 0.25) is 0 Å². The first kappa shape index (κ1) is 31.9. The Kier molecular flexibility index (Phi) is 7.11. The maximum absolute atomic E-state index is 4.89. The molecule has 11 rings (SSSR count). The molecule has 10 aromatic rings. The second-order valence-electron chi connectivity index (χ2n) is 15.2. The predicted octanol–water partition coefficient (Wildman–Crippen LogP) is 14.4. The van der Waals surface area contributed by atoms with Crippen LogP contribution in [0.2, 0.25) is 0 Å². The van der Waals surface area contributed by atoms with E-state index in [4.69, 9.17) is 4.98 Å². The molecule has 0 unspecified atom stereocenters. The van der Waals surface area contributed by atoms with Crippen molar-refractivity contribution in [3.63, 3.8) is 0 Å². The van der Waals surface area contributed by atoms with Crippen LogP contribution >= 0.6 is 11.3 Å². The van der Waals surface area contributed by atoms with E-state index in [0.29, 0.717) is 0 Å². The molecular formula is C52H36N2S. The lowest BCUT2D eigenvalue weighted by Crippen LogP contribution is -2.15. The standard InChI is InChI=1S/C52H36N2S/c1-52(2)44-18-10-9-17-41(44)42-28-27-40(32-45(42)52)54-47-31-38-26-25-37(33-21-23-36(24-22-33)51-53-46-19-11-12-20-48(46)55-51)29-39(38)30-43(47)49(34-13-5-3-6-14-34)50(54)35-15-7-4-8-16-35/h3-32H,1-2H3. The first-order chi connectivity index (χ1) is 27.0. The van der Waals surface area contributed by atoms with Crippen LogP contribution in [0.15, 0.2) is 182 Å². The van der Waals surface area contributed by atoms with Gasteiger partial charge in [-0.3, -0.25) is 0 Å². The maximum Gasteiger partial charge on any atom is 0.124 e. The fourth-order valence-electron chi connectivity index (χ4n) is 8.88. The van der Waals surface area contributed by atoms with Crippen molar-refractivity contribution in [1.29, 1.82) is 0 Å². The van der Waals surface area contributed by atoms with Gasteiger partial charge in [0.25, 0.3) is 0 Å². The number of thiazole rings is 1. The molecular weight excluding hydrogens is 685 g/mol. The summed E-state index contributed by atoms with van der Waals surface area (Å²) in [7, 11) is 0. The summed E-state index contributed by atoms with van der Waals surface area (Å²) in [5, 5.41) is 4.73. The minimum atomic E-state index is -0.101. The fraction of sp³-hybridized carbons (Fsp3) is 0.0577. The van der Waals surface area contributed by atoms with Gasteiger partial charge in [0.15, 0.2) is 0 Å². The Morgan fingerprint density at radius 2 is 1.16 bits per heavy atom. The number of benzene rings is 8. The highest BCUT2D eigenvalue weighted by Crippen LogP contribution is 2.50. The topological polar surface area (TPSA) is 17.8 Å². The number of para-hydroxylation sites is 1. The largest absolute Gasteiger partial charge is 0.309 e. The first-order valence-electron chi connectivity index (χ1n) is 19.0. The minimum Gasteiger partial charge on any atom is -0.309 e. The average Bonchev–Trinajstić information content (AvgIpc) is 3.89. The molecule has 0 fully saturated rings. The molecule has 0 radical (unpaired) electrons. The van der Waals surface area contributed by atoms with E-state index >= 15 is 0 Å². The second kappa shape index (κ2) is 12.2. The van der Waals surface area contributed by atoms with Crippen molar-refractivity contribution in [2.24, 2.45) is 0 Å². The van der Waals surface area contributed by atoms with Crippen molar-refractivity contribution in [3.8, 4) is 60.9 Å². The predicted molar refractivity (Wildman–Crippen MR) is 233 cm³/mol. The van der Waals surface area contributed by atoms with Crippen LogP contribution in [0.25, 0.3) is 92.8 Å². The van der Waals surface area contributed by atoms with Crippen LogP contribution in [0, 0.1) is 0 Å². The van der Waals surface area contributed by atoms with Crippen molar-refractivity contribution < 1.29 is 0 Å². The first-order valence-corrected chi connectivity index (χ1v) is 19.8. The number of hydrogen-bond donors (Lipinski definition) is 0. The molecule has 2 nitrogen and oxygen atoms in total. The van der Waals surface area contributed by atoms with E-state index in [1.807, 2.05) is 0 Å². The molecule has 260 valence electrons. The van der Waals surface area contributed by atoms with Gasteiger partial charge in [-0.25, -0.2) is 4.98 Å². The zero-order valence-electron chi connectivity index (χ0n) is 30.6. The Hall–Kier alpha value is -6.55. The van der Waals surface area contributed by atoms with Gasteiger partial charge in [-0.05, 0) is 97.7 Å². The van der Waals surface area contributed by atoms with Crippen molar-refractivity contribution >= 4 is 43.2 Å². The zero-order valence-corrected chi connectivity index (χ0v) is 31.4. The molecule has 0 atom stereocenters. The van der Waals surface area contributed by atoms with E-state index < -0.39 is 0 Å². The average molecular weight is 721 g/mol. The van der Waals surface area contributed by atoms with E-state index in [-0.39, 0.29) is 5.41 Å². The van der Waals surface area contributed by atoms with Gasteiger partial charge in [-0.15, -0.1) is 11.3 Å². The monoisotopic (exact) mass is 720 g/mol. The molecule has 2 aromatic heterocycles. The van der Waals surface area contributed by atoms with Gasteiger partial charge in [0.05, 0.1) is 21.4 Å². The van der Waals surface area contributed by atoms with Crippen molar-refractivity contribution in [1.82, 2.24) is 9.55 Å². The van der Waals surface area contributed by atoms with Gasteiger partial charge >= 0.3 is 0 Å². The van der Waals surface area contributed by atoms with Gasteiger partial charge in [-0.1, -0.05) is 153 Å². The van der Waals surface area contributed by atoms with Crippen molar-refractivity contribution in [2.45, 2.75) is 19.3 Å². The summed E-state index contributed by atoms with van der Waals surface area (Å²) in [4.78, 5) is 4.89. The maximum atomic E-state index is 4.89. The van der Waals surface area contributed by atoms with Gasteiger partial charge < -0.3 is 4.57 Å². The summed E-state index contributed by atoms with van der Waals surface area (Å²) in [6.45, 7) is 4.73. The molecule has 0 amide bonds. The molecule has 2 heterocycles. The quantitative estimate of drug-likeness (QED) is 0.173. The van der Waals surface area contributed by atoms with Crippen LogP contribution in [-0.2, 0) is 5.41 Å². The Morgan fingerprint density at radius 1 is 0.491 bits per heavy atom. The van der Waals surface area contributed by atoms with Crippen molar-refractivity contribution in [2.75, 3.05) is 0 Å². The van der Waals surface area contributed by atoms with Gasteiger partial charge in [0.1, 0.15) is 5.01 Å². The molecule has 0 aliphatic heterocycles. The van der Waals surface area contributed by atoms with E-state index in [1.54, 1.807) is 11.3 Å². The smallest absolute Gasteiger partial charge is 0.124 e. The van der Waals surface area contributed by atoms with Gasteiger partial charge in [0, 0.05) is 27.6 Å². The van der Waals surface area contributed by atoms with E-state index in [0.717, 1.165) is 16.1 Å². The molecule has 1 aliphatic rings. The van der Waals surface area contributed by atoms with Gasteiger partial charge in [-0.2, -0.15) is 0 Å². The summed E-state index contributed by atoms with van der Waals surface area (Å²) < 4.78 is 3.73. The number of rotatable bonds is 5. The van der Waals surface area contributed by atoms with Crippen molar-refractivity contribution in [3.05, 3.63) is 193 Å². The SMILES string of the molecule is CC1(C)c2ccccc2-c2ccc(-n3c(-c4ccccc4)c(-c4ccccc4)c4cc5cc(-c6ccc(-c7nc8ccccc8s7)cc6)ccc5cc43)cc21. The Bertz CT molecular complexity index is 3060. The second-order valence-corrected chi connectivity index (χ2v) is 16.2. The zero-order chi connectivity index (χ0) is 36.7. The molecule has 3 heteroatoms. The number of aromatic nitrogens is 2. The Morgan fingerprint density at radius 3 is 1.96 bits per heavy atom. The molecule has 55 heavy (non-hydrogen) atoms. The van der Waals surface area contributed by atoms with E-state index in [9.17, 15) is 0 Å². The van der Waals surface area contributed by atoms with Crippen LogP contribution in [0.5, 0.6) is 0 Å². The Labute approximate surface area is 324 Å². The lowest BCUT2D eigenvalue weighted by Gasteiger charge is -2.22. The van der Waals surface area contributed by atoms with E-state index in [1.165, 1.54) is 87.8 Å². The van der Waals surface area contributed by atoms with Crippen LogP contribution in [0.1, 0.15) is 25.0 Å². The van der Waals surface area contributed by atoms with Crippen LogP contribution in [0.4, 0.5) is 0 Å². The third-order valence-corrected chi connectivity index (χ3v) is 12.7. The summed E-state index contributed by atoms with van der Waals surface area (Å²) in [6, 6.07) is 66.8. The normalized spacial score (nSPS) is 13.1. The summed E-state index contributed by atoms with van der Waals surface area (Å²) in [5.74, 6) is 0. The molecule has 8 aromatic carbocycles.